The van der Waals surface area contributed by atoms with Crippen LogP contribution in [0.25, 0.3) is 10.9 Å². The zero-order chi connectivity index (χ0) is 22.0. The maximum absolute atomic E-state index is 13.4. The first-order chi connectivity index (χ1) is 14.8. The third-order valence-corrected chi connectivity index (χ3v) is 6.13. The molecular weight excluding hydrogens is 434 g/mol. The molecule has 0 unspecified atom stereocenters. The normalized spacial score (nSPS) is 11.4. The number of hydrogen-bond acceptors (Lipinski definition) is 5. The molecule has 31 heavy (non-hydrogen) atoms. The van der Waals surface area contributed by atoms with Crippen molar-refractivity contribution in [3.8, 4) is 0 Å². The highest BCUT2D eigenvalue weighted by Gasteiger charge is 2.24. The standard InChI is InChI=1S/C23H18ClN3O3S/c1-31(29,30)21-7-3-2-6-20(21)27(23(28)18-5-4-12-25-14-18)15-16-8-9-17-10-11-22(24)26-19(17)13-16/h2-14H,15H2,1H3. The molecule has 0 bridgehead atoms. The summed E-state index contributed by atoms with van der Waals surface area (Å²) in [7, 11) is -3.57. The average Bonchev–Trinajstić information content (AvgIpc) is 2.77. The first-order valence-electron chi connectivity index (χ1n) is 9.39. The number of rotatable bonds is 5. The number of fused-ring (bicyclic) bond motifs is 1. The lowest BCUT2D eigenvalue weighted by molar-refractivity contribution is 0.0984. The number of halogens is 1. The molecule has 0 aliphatic heterocycles. The van der Waals surface area contributed by atoms with E-state index < -0.39 is 9.84 Å². The highest BCUT2D eigenvalue weighted by atomic mass is 35.5. The summed E-state index contributed by atoms with van der Waals surface area (Å²) >= 11 is 6.02. The van der Waals surface area contributed by atoms with Gasteiger partial charge in [0, 0.05) is 24.0 Å². The van der Waals surface area contributed by atoms with Gasteiger partial charge >= 0.3 is 0 Å². The van der Waals surface area contributed by atoms with E-state index in [4.69, 9.17) is 11.6 Å². The van der Waals surface area contributed by atoms with Gasteiger partial charge in [-0.25, -0.2) is 13.4 Å². The maximum atomic E-state index is 13.4. The van der Waals surface area contributed by atoms with Crippen LogP contribution < -0.4 is 4.90 Å². The largest absolute Gasteiger partial charge is 0.303 e. The quantitative estimate of drug-likeness (QED) is 0.416. The number of nitrogens with zero attached hydrogens (tertiary/aromatic N) is 3. The van der Waals surface area contributed by atoms with E-state index >= 15 is 0 Å². The molecule has 0 N–H and O–H groups in total. The second-order valence-corrected chi connectivity index (χ2v) is 9.41. The SMILES string of the molecule is CS(=O)(=O)c1ccccc1N(Cc1ccc2ccc(Cl)nc2c1)C(=O)c1cccnc1. The number of anilines is 1. The topological polar surface area (TPSA) is 80.2 Å². The second kappa shape index (κ2) is 8.45. The van der Waals surface area contributed by atoms with Crippen LogP contribution in [0.15, 0.2) is 84.0 Å². The molecule has 1 amide bonds. The van der Waals surface area contributed by atoms with Crippen LogP contribution in [0.5, 0.6) is 0 Å². The molecule has 0 aliphatic rings. The van der Waals surface area contributed by atoms with E-state index in [0.717, 1.165) is 17.2 Å². The van der Waals surface area contributed by atoms with Crippen molar-refractivity contribution < 1.29 is 13.2 Å². The van der Waals surface area contributed by atoms with Crippen molar-refractivity contribution in [3.63, 3.8) is 0 Å². The van der Waals surface area contributed by atoms with E-state index in [9.17, 15) is 13.2 Å². The molecule has 0 radical (unpaired) electrons. The van der Waals surface area contributed by atoms with Gasteiger partial charge in [-0.05, 0) is 48.0 Å². The van der Waals surface area contributed by atoms with Crippen LogP contribution in [-0.4, -0.2) is 30.5 Å². The van der Waals surface area contributed by atoms with Crippen LogP contribution in [-0.2, 0) is 16.4 Å². The van der Waals surface area contributed by atoms with Gasteiger partial charge in [0.15, 0.2) is 9.84 Å². The molecule has 8 heteroatoms. The van der Waals surface area contributed by atoms with E-state index in [2.05, 4.69) is 9.97 Å². The molecule has 0 aliphatic carbocycles. The molecule has 0 spiro atoms. The van der Waals surface area contributed by atoms with E-state index in [-0.39, 0.29) is 17.3 Å². The minimum absolute atomic E-state index is 0.0780. The fraction of sp³-hybridized carbons (Fsp3) is 0.0870. The average molecular weight is 452 g/mol. The van der Waals surface area contributed by atoms with E-state index in [1.54, 1.807) is 42.6 Å². The molecular formula is C23H18ClN3O3S. The predicted molar refractivity (Wildman–Crippen MR) is 121 cm³/mol. The van der Waals surface area contributed by atoms with Crippen molar-refractivity contribution in [2.75, 3.05) is 11.2 Å². The van der Waals surface area contributed by atoms with Crippen LogP contribution >= 0.6 is 11.6 Å². The predicted octanol–water partition coefficient (Wildman–Crippen LogP) is 4.53. The van der Waals surface area contributed by atoms with Crippen molar-refractivity contribution in [2.45, 2.75) is 11.4 Å². The van der Waals surface area contributed by atoms with Crippen molar-refractivity contribution in [2.24, 2.45) is 0 Å². The first-order valence-corrected chi connectivity index (χ1v) is 11.7. The number of hydrogen-bond donors (Lipinski definition) is 0. The fourth-order valence-corrected chi connectivity index (χ4v) is 4.36. The summed E-state index contributed by atoms with van der Waals surface area (Å²) in [6, 6.07) is 19.0. The van der Waals surface area contributed by atoms with Gasteiger partial charge in [0.25, 0.3) is 5.91 Å². The van der Waals surface area contributed by atoms with Gasteiger partial charge in [-0.15, -0.1) is 0 Å². The molecule has 0 saturated heterocycles. The van der Waals surface area contributed by atoms with Gasteiger partial charge < -0.3 is 4.90 Å². The molecule has 2 aromatic carbocycles. The highest BCUT2D eigenvalue weighted by molar-refractivity contribution is 7.90. The Hall–Kier alpha value is -3.29. The zero-order valence-electron chi connectivity index (χ0n) is 16.6. The lowest BCUT2D eigenvalue weighted by atomic mass is 10.1. The number of carbonyl (C=O) groups is 1. The number of carbonyl (C=O) groups excluding carboxylic acids is 1. The lowest BCUT2D eigenvalue weighted by Crippen LogP contribution is -2.31. The second-order valence-electron chi connectivity index (χ2n) is 7.03. The Balaban J connectivity index is 1.83. The summed E-state index contributed by atoms with van der Waals surface area (Å²) in [5, 5.41) is 1.28. The Labute approximate surface area is 185 Å². The Kier molecular flexibility index (Phi) is 5.71. The Bertz CT molecular complexity index is 1380. The third-order valence-electron chi connectivity index (χ3n) is 4.77. The number of para-hydroxylation sites is 1. The molecule has 0 saturated carbocycles. The minimum atomic E-state index is -3.57. The van der Waals surface area contributed by atoms with E-state index in [1.165, 1.54) is 17.2 Å². The number of sulfone groups is 1. The van der Waals surface area contributed by atoms with E-state index in [0.29, 0.717) is 21.9 Å². The summed E-state index contributed by atoms with van der Waals surface area (Å²) in [6.07, 6.45) is 4.16. The van der Waals surface area contributed by atoms with Gasteiger partial charge in [-0.2, -0.15) is 0 Å². The minimum Gasteiger partial charge on any atom is -0.303 e. The van der Waals surface area contributed by atoms with Crippen molar-refractivity contribution in [1.82, 2.24) is 9.97 Å². The monoisotopic (exact) mass is 451 g/mol. The summed E-state index contributed by atoms with van der Waals surface area (Å²) < 4.78 is 24.8. The number of pyridine rings is 2. The van der Waals surface area contributed by atoms with Crippen LogP contribution in [0.1, 0.15) is 15.9 Å². The van der Waals surface area contributed by atoms with Crippen molar-refractivity contribution >= 4 is 43.9 Å². The molecule has 6 nitrogen and oxygen atoms in total. The van der Waals surface area contributed by atoms with Crippen LogP contribution in [0.3, 0.4) is 0 Å². The smallest absolute Gasteiger partial charge is 0.260 e. The van der Waals surface area contributed by atoms with Crippen molar-refractivity contribution in [3.05, 3.63) is 95.4 Å². The zero-order valence-corrected chi connectivity index (χ0v) is 18.1. The number of amides is 1. The number of benzene rings is 2. The van der Waals surface area contributed by atoms with Crippen LogP contribution in [0, 0.1) is 0 Å². The van der Waals surface area contributed by atoms with Crippen molar-refractivity contribution in [1.29, 1.82) is 0 Å². The molecule has 2 heterocycles. The molecule has 4 rings (SSSR count). The highest BCUT2D eigenvalue weighted by Crippen LogP contribution is 2.29. The van der Waals surface area contributed by atoms with Gasteiger partial charge in [-0.3, -0.25) is 9.78 Å². The summed E-state index contributed by atoms with van der Waals surface area (Å²) in [6.45, 7) is 0.143. The van der Waals surface area contributed by atoms with Crippen LogP contribution in [0.4, 0.5) is 5.69 Å². The van der Waals surface area contributed by atoms with Gasteiger partial charge in [0.1, 0.15) is 5.15 Å². The molecule has 0 atom stereocenters. The summed E-state index contributed by atoms with van der Waals surface area (Å²) in [4.78, 5) is 23.3. The molecule has 156 valence electrons. The number of aromatic nitrogens is 2. The van der Waals surface area contributed by atoms with Gasteiger partial charge in [0.2, 0.25) is 0 Å². The van der Waals surface area contributed by atoms with Gasteiger partial charge in [-0.1, -0.05) is 35.9 Å². The Morgan fingerprint density at radius 2 is 1.81 bits per heavy atom. The van der Waals surface area contributed by atoms with Gasteiger partial charge in [0.05, 0.1) is 28.2 Å². The van der Waals surface area contributed by atoms with E-state index in [1.807, 2.05) is 24.3 Å². The van der Waals surface area contributed by atoms with Crippen LogP contribution in [0.2, 0.25) is 5.15 Å². The lowest BCUT2D eigenvalue weighted by Gasteiger charge is -2.25. The third kappa shape index (κ3) is 4.57. The summed E-state index contributed by atoms with van der Waals surface area (Å²) in [5.41, 5.74) is 2.13. The summed E-state index contributed by atoms with van der Waals surface area (Å²) in [5.74, 6) is -0.358. The Morgan fingerprint density at radius 1 is 1.03 bits per heavy atom. The maximum Gasteiger partial charge on any atom is 0.260 e. The fourth-order valence-electron chi connectivity index (χ4n) is 3.32. The Morgan fingerprint density at radius 3 is 2.55 bits per heavy atom. The molecule has 2 aromatic heterocycles. The first kappa shape index (κ1) is 21.0. The molecule has 0 fully saturated rings. The molecule has 4 aromatic rings.